The number of hydrogen-bond donors (Lipinski definition) is 2. The lowest BCUT2D eigenvalue weighted by Gasteiger charge is -2.09. The summed E-state index contributed by atoms with van der Waals surface area (Å²) >= 11 is 0. The third kappa shape index (κ3) is 5.54. The molecule has 1 aromatic heterocycles. The molecule has 0 saturated heterocycles. The van der Waals surface area contributed by atoms with Crippen LogP contribution in [0.4, 0.5) is 10.1 Å². The van der Waals surface area contributed by atoms with Gasteiger partial charge in [0.1, 0.15) is 17.3 Å². The molecule has 2 N–H and O–H groups in total. The van der Waals surface area contributed by atoms with Crippen molar-refractivity contribution >= 4 is 11.6 Å². The average molecular weight is 379 g/mol. The minimum absolute atomic E-state index is 0.271. The zero-order valence-corrected chi connectivity index (χ0v) is 15.6. The zero-order valence-electron chi connectivity index (χ0n) is 15.6. The Morgan fingerprint density at radius 2 is 1.89 bits per heavy atom. The minimum atomic E-state index is -0.300. The van der Waals surface area contributed by atoms with E-state index in [-0.39, 0.29) is 11.7 Å². The molecule has 3 rings (SSSR count). The number of carbonyl (C=O) groups is 1. The lowest BCUT2D eigenvalue weighted by atomic mass is 10.1. The summed E-state index contributed by atoms with van der Waals surface area (Å²) < 4.78 is 18.1. The number of aromatic nitrogens is 1. The fourth-order valence-electron chi connectivity index (χ4n) is 2.69. The molecule has 0 aliphatic carbocycles. The third-order valence-electron chi connectivity index (χ3n) is 4.24. The second-order valence-electron chi connectivity index (χ2n) is 6.27. The molecule has 0 saturated carbocycles. The van der Waals surface area contributed by atoms with Gasteiger partial charge in [-0.05, 0) is 53.9 Å². The SMILES string of the molecule is COc1cccc(CCNc2ccc(C(=O)NCc3ccc(F)cc3)nc2)c1. The van der Waals surface area contributed by atoms with Gasteiger partial charge in [-0.1, -0.05) is 24.3 Å². The topological polar surface area (TPSA) is 63.2 Å². The molecule has 1 heterocycles. The van der Waals surface area contributed by atoms with Gasteiger partial charge in [0.2, 0.25) is 0 Å². The monoisotopic (exact) mass is 379 g/mol. The zero-order chi connectivity index (χ0) is 19.8. The largest absolute Gasteiger partial charge is 0.497 e. The molecule has 1 amide bonds. The first kappa shape index (κ1) is 19.4. The average Bonchev–Trinajstić information content (AvgIpc) is 2.74. The van der Waals surface area contributed by atoms with Crippen molar-refractivity contribution in [2.45, 2.75) is 13.0 Å². The van der Waals surface area contributed by atoms with Gasteiger partial charge < -0.3 is 15.4 Å². The molecule has 0 spiro atoms. The van der Waals surface area contributed by atoms with E-state index in [1.54, 1.807) is 31.5 Å². The Morgan fingerprint density at radius 3 is 2.61 bits per heavy atom. The van der Waals surface area contributed by atoms with Crippen molar-refractivity contribution in [3.05, 3.63) is 89.5 Å². The smallest absolute Gasteiger partial charge is 0.270 e. The van der Waals surface area contributed by atoms with Crippen LogP contribution in [0.1, 0.15) is 21.6 Å². The van der Waals surface area contributed by atoms with Crippen molar-refractivity contribution in [3.63, 3.8) is 0 Å². The van der Waals surface area contributed by atoms with E-state index in [1.165, 1.54) is 17.7 Å². The Balaban J connectivity index is 1.47. The molecule has 0 radical (unpaired) electrons. The van der Waals surface area contributed by atoms with Crippen LogP contribution in [0.15, 0.2) is 66.9 Å². The summed E-state index contributed by atoms with van der Waals surface area (Å²) in [6.45, 7) is 1.06. The first-order valence-electron chi connectivity index (χ1n) is 8.99. The Bertz CT molecular complexity index is 912. The number of nitrogens with zero attached hydrogens (tertiary/aromatic N) is 1. The van der Waals surface area contributed by atoms with E-state index in [9.17, 15) is 9.18 Å². The molecule has 28 heavy (non-hydrogen) atoms. The van der Waals surface area contributed by atoms with Gasteiger partial charge in [0.25, 0.3) is 5.91 Å². The Labute approximate surface area is 163 Å². The molecule has 0 aliphatic heterocycles. The van der Waals surface area contributed by atoms with Crippen molar-refractivity contribution in [2.24, 2.45) is 0 Å². The molecule has 0 bridgehead atoms. The molecule has 2 aromatic carbocycles. The van der Waals surface area contributed by atoms with Crippen LogP contribution in [0.2, 0.25) is 0 Å². The van der Waals surface area contributed by atoms with Gasteiger partial charge in [0.05, 0.1) is 19.0 Å². The predicted octanol–water partition coefficient (Wildman–Crippen LogP) is 3.81. The molecule has 5 nitrogen and oxygen atoms in total. The Kier molecular flexibility index (Phi) is 6.57. The highest BCUT2D eigenvalue weighted by Crippen LogP contribution is 2.13. The summed E-state index contributed by atoms with van der Waals surface area (Å²) in [5, 5.41) is 6.06. The standard InChI is InChI=1S/C22H22FN3O2/c1-28-20-4-2-3-16(13-20)11-12-24-19-9-10-21(25-15-19)22(27)26-14-17-5-7-18(23)8-6-17/h2-10,13,15,24H,11-12,14H2,1H3,(H,26,27). The number of pyridine rings is 1. The second-order valence-corrected chi connectivity index (χ2v) is 6.27. The van der Waals surface area contributed by atoms with Gasteiger partial charge in [-0.3, -0.25) is 4.79 Å². The third-order valence-corrected chi connectivity index (χ3v) is 4.24. The quantitative estimate of drug-likeness (QED) is 0.625. The molecule has 144 valence electrons. The first-order chi connectivity index (χ1) is 13.6. The van der Waals surface area contributed by atoms with Gasteiger partial charge in [-0.15, -0.1) is 0 Å². The summed E-state index contributed by atoms with van der Waals surface area (Å²) in [5.74, 6) is 0.272. The number of nitrogens with one attached hydrogen (secondary N) is 2. The lowest BCUT2D eigenvalue weighted by Crippen LogP contribution is -2.23. The summed E-state index contributed by atoms with van der Waals surface area (Å²) in [6.07, 6.45) is 2.48. The summed E-state index contributed by atoms with van der Waals surface area (Å²) in [5.41, 5.74) is 3.18. The second kappa shape index (κ2) is 9.50. The van der Waals surface area contributed by atoms with E-state index in [0.29, 0.717) is 12.2 Å². The molecular weight excluding hydrogens is 357 g/mol. The highest BCUT2D eigenvalue weighted by atomic mass is 19.1. The maximum Gasteiger partial charge on any atom is 0.270 e. The van der Waals surface area contributed by atoms with Crippen LogP contribution in [-0.2, 0) is 13.0 Å². The van der Waals surface area contributed by atoms with Crippen LogP contribution >= 0.6 is 0 Å². The summed E-state index contributed by atoms with van der Waals surface area (Å²) in [6, 6.07) is 17.5. The number of halogens is 1. The normalized spacial score (nSPS) is 10.4. The number of methoxy groups -OCH3 is 1. The summed E-state index contributed by atoms with van der Waals surface area (Å²) in [4.78, 5) is 16.4. The van der Waals surface area contributed by atoms with Crippen LogP contribution in [0, 0.1) is 5.82 Å². The number of anilines is 1. The van der Waals surface area contributed by atoms with E-state index in [0.717, 1.165) is 30.0 Å². The lowest BCUT2D eigenvalue weighted by molar-refractivity contribution is 0.0946. The van der Waals surface area contributed by atoms with Crippen molar-refractivity contribution in [1.82, 2.24) is 10.3 Å². The van der Waals surface area contributed by atoms with Gasteiger partial charge in [0, 0.05) is 13.1 Å². The predicted molar refractivity (Wildman–Crippen MR) is 107 cm³/mol. The van der Waals surface area contributed by atoms with Gasteiger partial charge in [-0.25, -0.2) is 9.37 Å². The fraction of sp³-hybridized carbons (Fsp3) is 0.182. The Hall–Kier alpha value is -3.41. The number of amides is 1. The van der Waals surface area contributed by atoms with Gasteiger partial charge in [-0.2, -0.15) is 0 Å². The minimum Gasteiger partial charge on any atom is -0.497 e. The van der Waals surface area contributed by atoms with Crippen molar-refractivity contribution in [3.8, 4) is 5.75 Å². The van der Waals surface area contributed by atoms with E-state index in [1.807, 2.05) is 24.3 Å². The van der Waals surface area contributed by atoms with Crippen molar-refractivity contribution in [1.29, 1.82) is 0 Å². The fourth-order valence-corrected chi connectivity index (χ4v) is 2.69. The van der Waals surface area contributed by atoms with Crippen LogP contribution < -0.4 is 15.4 Å². The van der Waals surface area contributed by atoms with Crippen molar-refractivity contribution < 1.29 is 13.9 Å². The van der Waals surface area contributed by atoms with E-state index < -0.39 is 0 Å². The number of benzene rings is 2. The van der Waals surface area contributed by atoms with Crippen LogP contribution in [0.3, 0.4) is 0 Å². The molecule has 0 fully saturated rings. The van der Waals surface area contributed by atoms with Crippen LogP contribution in [0.5, 0.6) is 5.75 Å². The summed E-state index contributed by atoms with van der Waals surface area (Å²) in [7, 11) is 1.65. The highest BCUT2D eigenvalue weighted by Gasteiger charge is 2.07. The van der Waals surface area contributed by atoms with Gasteiger partial charge in [0.15, 0.2) is 0 Å². The number of rotatable bonds is 8. The number of ether oxygens (including phenoxy) is 1. The Morgan fingerprint density at radius 1 is 1.07 bits per heavy atom. The van der Waals surface area contributed by atoms with E-state index in [4.69, 9.17) is 4.74 Å². The van der Waals surface area contributed by atoms with Gasteiger partial charge >= 0.3 is 0 Å². The molecule has 0 unspecified atom stereocenters. The van der Waals surface area contributed by atoms with Crippen molar-refractivity contribution in [2.75, 3.05) is 19.0 Å². The van der Waals surface area contributed by atoms with Crippen LogP contribution in [0.25, 0.3) is 0 Å². The molecule has 0 atom stereocenters. The molecule has 3 aromatic rings. The maximum absolute atomic E-state index is 12.9. The number of hydrogen-bond acceptors (Lipinski definition) is 4. The van der Waals surface area contributed by atoms with Crippen LogP contribution in [-0.4, -0.2) is 24.5 Å². The maximum atomic E-state index is 12.9. The highest BCUT2D eigenvalue weighted by molar-refractivity contribution is 5.92. The molecular formula is C22H22FN3O2. The number of carbonyl (C=O) groups excluding carboxylic acids is 1. The van der Waals surface area contributed by atoms with E-state index >= 15 is 0 Å². The first-order valence-corrected chi connectivity index (χ1v) is 8.99. The van der Waals surface area contributed by atoms with E-state index in [2.05, 4.69) is 21.7 Å². The molecule has 6 heteroatoms. The molecule has 0 aliphatic rings.